The zero-order valence-electron chi connectivity index (χ0n) is 21.1. The first kappa shape index (κ1) is 29.7. The van der Waals surface area contributed by atoms with E-state index in [1.165, 1.54) is 12.1 Å². The molecule has 36 heavy (non-hydrogen) atoms. The number of piperidine rings is 1. The zero-order chi connectivity index (χ0) is 27.1. The van der Waals surface area contributed by atoms with Crippen molar-refractivity contribution >= 4 is 5.82 Å². The van der Waals surface area contributed by atoms with Crippen LogP contribution in [-0.4, -0.2) is 23.7 Å². The fourth-order valence-corrected chi connectivity index (χ4v) is 4.30. The van der Waals surface area contributed by atoms with Gasteiger partial charge in [-0.25, -0.2) is 4.98 Å². The van der Waals surface area contributed by atoms with Gasteiger partial charge in [-0.2, -0.15) is 26.3 Å². The number of nitrogens with two attached hydrogens (primary N) is 1. The molecular weight excluding hydrogens is 484 g/mol. The second-order valence-electron chi connectivity index (χ2n) is 8.57. The molecule has 4 nitrogen and oxygen atoms in total. The molecule has 202 valence electrons. The monoisotopic (exact) mass is 519 g/mol. The number of rotatable bonds is 7. The summed E-state index contributed by atoms with van der Waals surface area (Å²) in [4.78, 5) is 5.96. The van der Waals surface area contributed by atoms with E-state index in [1.807, 2.05) is 32.6 Å². The molecule has 0 spiro atoms. The highest BCUT2D eigenvalue weighted by Crippen LogP contribution is 2.37. The molecule has 0 radical (unpaired) electrons. The number of hydrogen-bond donors (Lipinski definition) is 1. The molecule has 2 N–H and O–H groups in total. The number of nitrogens with zero attached hydrogens (tertiary/aromatic N) is 2. The van der Waals surface area contributed by atoms with E-state index in [9.17, 15) is 26.3 Å². The standard InChI is InChI=1S/C24H29F6N3O.C2H6/c1-3-5-20(31)19-12-15(23(25,26)27)6-8-21(19)34-18-10-11-33(17(4-2)13-18)22-9-7-16(14-32-22)24(28,29)30;1-2/h6-9,12,14,17-18,20H,3-5,10-11,13,31H2,1-2H3;1-2H3. The molecule has 0 aliphatic carbocycles. The molecule has 3 atom stereocenters. The van der Waals surface area contributed by atoms with Crippen LogP contribution in [0.2, 0.25) is 0 Å². The number of alkyl halides is 6. The van der Waals surface area contributed by atoms with Gasteiger partial charge < -0.3 is 15.4 Å². The lowest BCUT2D eigenvalue weighted by Gasteiger charge is -2.40. The summed E-state index contributed by atoms with van der Waals surface area (Å²) in [7, 11) is 0. The predicted molar refractivity (Wildman–Crippen MR) is 129 cm³/mol. The molecular formula is C26H35F6N3O. The summed E-state index contributed by atoms with van der Waals surface area (Å²) in [6.45, 7) is 8.37. The summed E-state index contributed by atoms with van der Waals surface area (Å²) in [5.41, 5.74) is 4.93. The van der Waals surface area contributed by atoms with Crippen LogP contribution in [0.4, 0.5) is 32.2 Å². The van der Waals surface area contributed by atoms with Crippen molar-refractivity contribution in [2.24, 2.45) is 5.73 Å². The lowest BCUT2D eigenvalue weighted by atomic mass is 9.96. The number of hydrogen-bond acceptors (Lipinski definition) is 4. The maximum absolute atomic E-state index is 13.2. The van der Waals surface area contributed by atoms with Crippen LogP contribution in [0.15, 0.2) is 36.5 Å². The normalized spacial score (nSPS) is 19.4. The number of halogens is 6. The van der Waals surface area contributed by atoms with E-state index in [2.05, 4.69) is 4.98 Å². The number of pyridine rings is 1. The Balaban J connectivity index is 0.00000222. The van der Waals surface area contributed by atoms with Gasteiger partial charge in [0.05, 0.1) is 11.1 Å². The maximum Gasteiger partial charge on any atom is 0.417 e. The van der Waals surface area contributed by atoms with Gasteiger partial charge in [0.25, 0.3) is 0 Å². The smallest absolute Gasteiger partial charge is 0.417 e. The summed E-state index contributed by atoms with van der Waals surface area (Å²) in [5.74, 6) is 0.799. The summed E-state index contributed by atoms with van der Waals surface area (Å²) in [5, 5.41) is 0. The van der Waals surface area contributed by atoms with Gasteiger partial charge in [0.1, 0.15) is 17.7 Å². The Morgan fingerprint density at radius 1 is 1.03 bits per heavy atom. The molecule has 0 bridgehead atoms. The van der Waals surface area contributed by atoms with E-state index in [-0.39, 0.29) is 12.1 Å². The Kier molecular flexibility index (Phi) is 10.5. The van der Waals surface area contributed by atoms with Crippen LogP contribution >= 0.6 is 0 Å². The third-order valence-electron chi connectivity index (χ3n) is 6.14. The van der Waals surface area contributed by atoms with Gasteiger partial charge in [-0.05, 0) is 43.2 Å². The number of aromatic nitrogens is 1. The minimum Gasteiger partial charge on any atom is -0.490 e. The largest absolute Gasteiger partial charge is 0.490 e. The van der Waals surface area contributed by atoms with Crippen LogP contribution in [-0.2, 0) is 12.4 Å². The predicted octanol–water partition coefficient (Wildman–Crippen LogP) is 7.77. The highest BCUT2D eigenvalue weighted by atomic mass is 19.4. The first-order valence-electron chi connectivity index (χ1n) is 12.4. The molecule has 1 saturated heterocycles. The third-order valence-corrected chi connectivity index (χ3v) is 6.14. The molecule has 3 unspecified atom stereocenters. The number of benzene rings is 1. The van der Waals surface area contributed by atoms with Gasteiger partial charge in [-0.3, -0.25) is 0 Å². The van der Waals surface area contributed by atoms with E-state index >= 15 is 0 Å². The second kappa shape index (κ2) is 12.7. The van der Waals surface area contributed by atoms with Crippen LogP contribution in [0.5, 0.6) is 5.75 Å². The average Bonchev–Trinajstić information content (AvgIpc) is 2.84. The Bertz CT molecular complexity index is 946. The topological polar surface area (TPSA) is 51.4 Å². The fourth-order valence-electron chi connectivity index (χ4n) is 4.30. The Hall–Kier alpha value is -2.49. The van der Waals surface area contributed by atoms with Crippen LogP contribution in [0.1, 0.15) is 82.5 Å². The summed E-state index contributed by atoms with van der Waals surface area (Å²) >= 11 is 0. The zero-order valence-corrected chi connectivity index (χ0v) is 21.1. The van der Waals surface area contributed by atoms with Gasteiger partial charge in [0.15, 0.2) is 0 Å². The Labute approximate surface area is 208 Å². The van der Waals surface area contributed by atoms with Gasteiger partial charge in [0, 0.05) is 43.2 Å². The minimum absolute atomic E-state index is 0.0369. The van der Waals surface area contributed by atoms with Gasteiger partial charge in [-0.1, -0.05) is 34.1 Å². The number of anilines is 1. The molecule has 0 amide bonds. The molecule has 2 aromatic rings. The van der Waals surface area contributed by atoms with Crippen LogP contribution in [0.25, 0.3) is 0 Å². The Morgan fingerprint density at radius 2 is 1.67 bits per heavy atom. The van der Waals surface area contributed by atoms with E-state index in [4.69, 9.17) is 10.5 Å². The average molecular weight is 520 g/mol. The van der Waals surface area contributed by atoms with E-state index in [0.717, 1.165) is 24.4 Å². The quantitative estimate of drug-likeness (QED) is 0.380. The summed E-state index contributed by atoms with van der Waals surface area (Å²) in [6, 6.07) is 5.15. The second-order valence-corrected chi connectivity index (χ2v) is 8.57. The van der Waals surface area contributed by atoms with Gasteiger partial charge in [0.2, 0.25) is 0 Å². The van der Waals surface area contributed by atoms with E-state index < -0.39 is 29.5 Å². The molecule has 1 fully saturated rings. The molecule has 10 heteroatoms. The van der Waals surface area contributed by atoms with Crippen LogP contribution < -0.4 is 15.4 Å². The van der Waals surface area contributed by atoms with Crippen LogP contribution in [0.3, 0.4) is 0 Å². The highest BCUT2D eigenvalue weighted by molar-refractivity contribution is 5.43. The van der Waals surface area contributed by atoms with Crippen molar-refractivity contribution in [3.63, 3.8) is 0 Å². The van der Waals surface area contributed by atoms with Crippen LogP contribution in [0, 0.1) is 0 Å². The van der Waals surface area contributed by atoms with E-state index in [1.54, 1.807) is 0 Å². The van der Waals surface area contributed by atoms with Crippen molar-refractivity contribution in [1.29, 1.82) is 0 Å². The highest BCUT2D eigenvalue weighted by Gasteiger charge is 2.34. The van der Waals surface area contributed by atoms with Gasteiger partial charge >= 0.3 is 12.4 Å². The Morgan fingerprint density at radius 3 is 2.19 bits per heavy atom. The minimum atomic E-state index is -4.48. The van der Waals surface area contributed by atoms with Gasteiger partial charge in [-0.15, -0.1) is 0 Å². The number of ether oxygens (including phenoxy) is 1. The summed E-state index contributed by atoms with van der Waals surface area (Å²) in [6.07, 6.45) is -5.32. The lowest BCUT2D eigenvalue weighted by Crippen LogP contribution is -2.46. The maximum atomic E-state index is 13.2. The van der Waals surface area contributed by atoms with Crippen molar-refractivity contribution in [1.82, 2.24) is 4.98 Å². The van der Waals surface area contributed by atoms with Crippen molar-refractivity contribution in [3.8, 4) is 5.75 Å². The molecule has 1 aliphatic rings. The fraction of sp³-hybridized carbons (Fsp3) is 0.577. The van der Waals surface area contributed by atoms with Crippen molar-refractivity contribution in [2.45, 2.75) is 90.3 Å². The van der Waals surface area contributed by atoms with Crippen molar-refractivity contribution in [2.75, 3.05) is 11.4 Å². The molecule has 1 aromatic carbocycles. The lowest BCUT2D eigenvalue weighted by molar-refractivity contribution is -0.138. The SMILES string of the molecule is CC.CCCC(N)c1cc(C(F)(F)F)ccc1OC1CCN(c2ccc(C(F)(F)F)cn2)C(CC)C1. The van der Waals surface area contributed by atoms with Crippen molar-refractivity contribution < 1.29 is 31.1 Å². The van der Waals surface area contributed by atoms with Crippen molar-refractivity contribution in [3.05, 3.63) is 53.2 Å². The van der Waals surface area contributed by atoms with E-state index in [0.29, 0.717) is 55.8 Å². The molecule has 1 aliphatic heterocycles. The first-order chi connectivity index (χ1) is 16.9. The summed E-state index contributed by atoms with van der Waals surface area (Å²) < 4.78 is 84.4. The third kappa shape index (κ3) is 7.51. The molecule has 0 saturated carbocycles. The molecule has 1 aromatic heterocycles. The molecule has 3 rings (SSSR count). The molecule has 2 heterocycles. The first-order valence-corrected chi connectivity index (χ1v) is 12.4.